The highest BCUT2D eigenvalue weighted by Gasteiger charge is 2.24. The number of H-pyrrole nitrogens is 2. The van der Waals surface area contributed by atoms with E-state index in [9.17, 15) is 4.79 Å². The van der Waals surface area contributed by atoms with E-state index in [1.807, 2.05) is 30.5 Å². The molecule has 1 aliphatic rings. The molecule has 0 saturated carbocycles. The summed E-state index contributed by atoms with van der Waals surface area (Å²) in [5, 5.41) is 4.03. The number of rotatable bonds is 4. The van der Waals surface area contributed by atoms with Crippen LogP contribution in [0.15, 0.2) is 61.2 Å². The zero-order chi connectivity index (χ0) is 19.6. The predicted molar refractivity (Wildman–Crippen MR) is 113 cm³/mol. The summed E-state index contributed by atoms with van der Waals surface area (Å²) in [4.78, 5) is 29.6. The Bertz CT molecular complexity index is 1130. The van der Waals surface area contributed by atoms with Crippen molar-refractivity contribution in [3.05, 3.63) is 72.4 Å². The molecular weight excluding hydrogens is 364 g/mol. The van der Waals surface area contributed by atoms with Gasteiger partial charge in [-0.2, -0.15) is 0 Å². The topological polar surface area (TPSA) is 89.7 Å². The first-order valence-electron chi connectivity index (χ1n) is 9.86. The van der Waals surface area contributed by atoms with Crippen LogP contribution in [-0.2, 0) is 0 Å². The first kappa shape index (κ1) is 17.5. The third-order valence-corrected chi connectivity index (χ3v) is 5.51. The average molecular weight is 386 g/mol. The van der Waals surface area contributed by atoms with Crippen LogP contribution < -0.4 is 10.2 Å². The van der Waals surface area contributed by atoms with Gasteiger partial charge in [-0.05, 0) is 48.7 Å². The standard InChI is InChI=1S/C22H22N6O/c29-22(19-7-2-9-23-19)27-17-6-1-4-15(12-17)16-5-3-11-28(13-16)21-18-8-10-24-20(18)25-14-26-21/h1-2,4,6-10,12,14,16,23H,3,5,11,13H2,(H,27,29)(H,24,25,26). The lowest BCUT2D eigenvalue weighted by Gasteiger charge is -2.34. The average Bonchev–Trinajstić information content (AvgIpc) is 3.46. The van der Waals surface area contributed by atoms with Gasteiger partial charge in [-0.3, -0.25) is 4.79 Å². The molecule has 4 heterocycles. The number of fused-ring (bicyclic) bond motifs is 1. The lowest BCUT2D eigenvalue weighted by molar-refractivity contribution is 0.102. The van der Waals surface area contributed by atoms with Gasteiger partial charge in [-0.25, -0.2) is 9.97 Å². The quantitative estimate of drug-likeness (QED) is 0.496. The van der Waals surface area contributed by atoms with Crippen LogP contribution >= 0.6 is 0 Å². The van der Waals surface area contributed by atoms with Gasteiger partial charge in [0.05, 0.1) is 5.39 Å². The number of hydrogen-bond acceptors (Lipinski definition) is 4. The molecule has 3 N–H and O–H groups in total. The summed E-state index contributed by atoms with van der Waals surface area (Å²) in [7, 11) is 0. The van der Waals surface area contributed by atoms with Crippen LogP contribution in [0, 0.1) is 0 Å². The van der Waals surface area contributed by atoms with E-state index in [0.29, 0.717) is 11.6 Å². The van der Waals surface area contributed by atoms with Gasteiger partial charge in [0.25, 0.3) is 5.91 Å². The van der Waals surface area contributed by atoms with Crippen molar-refractivity contribution in [2.45, 2.75) is 18.8 Å². The van der Waals surface area contributed by atoms with Gasteiger partial charge < -0.3 is 20.2 Å². The van der Waals surface area contributed by atoms with Gasteiger partial charge in [-0.1, -0.05) is 12.1 Å². The van der Waals surface area contributed by atoms with E-state index in [0.717, 1.165) is 48.5 Å². The van der Waals surface area contributed by atoms with Gasteiger partial charge in [0.1, 0.15) is 23.5 Å². The van der Waals surface area contributed by atoms with Gasteiger partial charge >= 0.3 is 0 Å². The molecule has 0 bridgehead atoms. The summed E-state index contributed by atoms with van der Waals surface area (Å²) in [5.74, 6) is 1.24. The molecule has 5 rings (SSSR count). The molecule has 7 heteroatoms. The molecule has 1 atom stereocenters. The lowest BCUT2D eigenvalue weighted by atomic mass is 9.90. The number of hydrogen-bond donors (Lipinski definition) is 3. The normalized spacial score (nSPS) is 16.8. The fourth-order valence-electron chi connectivity index (χ4n) is 4.09. The Balaban J connectivity index is 1.36. The second-order valence-corrected chi connectivity index (χ2v) is 7.39. The number of carbonyl (C=O) groups is 1. The van der Waals surface area contributed by atoms with E-state index in [1.54, 1.807) is 18.6 Å². The van der Waals surface area contributed by atoms with Gasteiger partial charge in [0.15, 0.2) is 0 Å². The van der Waals surface area contributed by atoms with E-state index < -0.39 is 0 Å². The van der Waals surface area contributed by atoms with Crippen molar-refractivity contribution in [2.75, 3.05) is 23.3 Å². The molecule has 1 aliphatic heterocycles. The van der Waals surface area contributed by atoms with E-state index >= 15 is 0 Å². The molecule has 1 fully saturated rings. The molecule has 3 aromatic heterocycles. The maximum atomic E-state index is 12.3. The minimum atomic E-state index is -0.131. The third kappa shape index (κ3) is 3.47. The third-order valence-electron chi connectivity index (χ3n) is 5.51. The minimum absolute atomic E-state index is 0.131. The molecule has 29 heavy (non-hydrogen) atoms. The van der Waals surface area contributed by atoms with Crippen LogP contribution in [0.2, 0.25) is 0 Å². The van der Waals surface area contributed by atoms with E-state index in [1.165, 1.54) is 5.56 Å². The Morgan fingerprint density at radius 1 is 1.10 bits per heavy atom. The van der Waals surface area contributed by atoms with Crippen molar-refractivity contribution in [3.63, 3.8) is 0 Å². The highest BCUT2D eigenvalue weighted by atomic mass is 16.1. The lowest BCUT2D eigenvalue weighted by Crippen LogP contribution is -2.35. The van der Waals surface area contributed by atoms with E-state index in [-0.39, 0.29) is 5.91 Å². The summed E-state index contributed by atoms with van der Waals surface area (Å²) in [6.07, 6.45) is 7.48. The van der Waals surface area contributed by atoms with Crippen LogP contribution in [-0.4, -0.2) is 38.9 Å². The Hall–Kier alpha value is -3.61. The summed E-state index contributed by atoms with van der Waals surface area (Å²) < 4.78 is 0. The van der Waals surface area contributed by atoms with Crippen LogP contribution in [0.5, 0.6) is 0 Å². The van der Waals surface area contributed by atoms with Crippen LogP contribution in [0.25, 0.3) is 11.0 Å². The van der Waals surface area contributed by atoms with E-state index in [4.69, 9.17) is 0 Å². The molecule has 0 spiro atoms. The largest absolute Gasteiger partial charge is 0.357 e. The Labute approximate surface area is 168 Å². The number of amides is 1. The monoisotopic (exact) mass is 386 g/mol. The number of nitrogens with one attached hydrogen (secondary N) is 3. The minimum Gasteiger partial charge on any atom is -0.357 e. The molecule has 146 valence electrons. The maximum absolute atomic E-state index is 12.3. The molecule has 1 saturated heterocycles. The van der Waals surface area contributed by atoms with E-state index in [2.05, 4.69) is 42.3 Å². The summed E-state index contributed by atoms with van der Waals surface area (Å²) in [6.45, 7) is 1.88. The first-order valence-corrected chi connectivity index (χ1v) is 9.86. The second kappa shape index (κ2) is 7.43. The molecule has 0 aliphatic carbocycles. The Morgan fingerprint density at radius 3 is 2.97 bits per heavy atom. The summed E-state index contributed by atoms with van der Waals surface area (Å²) >= 11 is 0. The smallest absolute Gasteiger partial charge is 0.272 e. The number of carbonyl (C=O) groups excluding carboxylic acids is 1. The fraction of sp³-hybridized carbons (Fsp3) is 0.227. The molecule has 1 amide bonds. The predicted octanol–water partition coefficient (Wildman–Crippen LogP) is 3.92. The number of piperidine rings is 1. The zero-order valence-electron chi connectivity index (χ0n) is 15.9. The van der Waals surface area contributed by atoms with Crippen LogP contribution in [0.3, 0.4) is 0 Å². The molecule has 1 aromatic carbocycles. The Morgan fingerprint density at radius 2 is 2.07 bits per heavy atom. The Kier molecular flexibility index (Phi) is 4.48. The highest BCUT2D eigenvalue weighted by Crippen LogP contribution is 2.32. The zero-order valence-corrected chi connectivity index (χ0v) is 15.9. The van der Waals surface area contributed by atoms with Crippen molar-refractivity contribution in [3.8, 4) is 0 Å². The molecule has 7 nitrogen and oxygen atoms in total. The molecule has 1 unspecified atom stereocenters. The van der Waals surface area contributed by atoms with Crippen molar-refractivity contribution >= 4 is 28.4 Å². The maximum Gasteiger partial charge on any atom is 0.272 e. The van der Waals surface area contributed by atoms with Crippen molar-refractivity contribution in [1.29, 1.82) is 0 Å². The molecule has 4 aromatic rings. The van der Waals surface area contributed by atoms with Crippen molar-refractivity contribution in [2.24, 2.45) is 0 Å². The number of aromatic amines is 2. The number of nitrogens with zero attached hydrogens (tertiary/aromatic N) is 3. The SMILES string of the molecule is O=C(Nc1cccc(C2CCCN(c3ncnc4[nH]ccc34)C2)c1)c1ccc[nH]1. The number of aromatic nitrogens is 4. The van der Waals surface area contributed by atoms with Gasteiger partial charge in [-0.15, -0.1) is 0 Å². The fourth-order valence-corrected chi connectivity index (χ4v) is 4.09. The van der Waals surface area contributed by atoms with Crippen molar-refractivity contribution < 1.29 is 4.79 Å². The highest BCUT2D eigenvalue weighted by molar-refractivity contribution is 6.02. The molecular formula is C22H22N6O. The summed E-state index contributed by atoms with van der Waals surface area (Å²) in [5.41, 5.74) is 3.47. The van der Waals surface area contributed by atoms with Crippen molar-refractivity contribution in [1.82, 2.24) is 19.9 Å². The van der Waals surface area contributed by atoms with Crippen LogP contribution in [0.4, 0.5) is 11.5 Å². The van der Waals surface area contributed by atoms with Crippen LogP contribution in [0.1, 0.15) is 34.8 Å². The number of anilines is 2. The first-order chi connectivity index (χ1) is 14.3. The second-order valence-electron chi connectivity index (χ2n) is 7.39. The number of benzene rings is 1. The van der Waals surface area contributed by atoms with Gasteiger partial charge in [0, 0.05) is 37.1 Å². The molecule has 0 radical (unpaired) electrons. The van der Waals surface area contributed by atoms with Gasteiger partial charge in [0.2, 0.25) is 0 Å². The summed E-state index contributed by atoms with van der Waals surface area (Å²) in [6, 6.07) is 13.8.